The summed E-state index contributed by atoms with van der Waals surface area (Å²) in [4.78, 5) is 16.9. The van der Waals surface area contributed by atoms with Crippen LogP contribution in [0.5, 0.6) is 0 Å². The minimum absolute atomic E-state index is 0.123. The van der Waals surface area contributed by atoms with Gasteiger partial charge in [-0.3, -0.25) is 14.0 Å². The van der Waals surface area contributed by atoms with Crippen LogP contribution in [0.15, 0.2) is 0 Å². The van der Waals surface area contributed by atoms with Crippen molar-refractivity contribution in [1.29, 1.82) is 0 Å². The molecule has 2 heterocycles. The van der Waals surface area contributed by atoms with E-state index in [0.717, 1.165) is 51.3 Å². The monoisotopic (exact) mass is 417 g/mol. The number of hydrogen-bond acceptors (Lipinski definition) is 7. The molecule has 9 heteroatoms. The van der Waals surface area contributed by atoms with Crippen molar-refractivity contribution in [3.8, 4) is 0 Å². The first-order chi connectivity index (χ1) is 13.4. The molecule has 3 atom stereocenters. The quantitative estimate of drug-likeness (QED) is 0.600. The van der Waals surface area contributed by atoms with Crippen molar-refractivity contribution in [1.82, 2.24) is 15.1 Å². The van der Waals surface area contributed by atoms with E-state index in [2.05, 4.69) is 22.0 Å². The Morgan fingerprint density at radius 3 is 2.46 bits per heavy atom. The molecule has 28 heavy (non-hydrogen) atoms. The fourth-order valence-electron chi connectivity index (χ4n) is 4.91. The second-order valence-electron chi connectivity index (χ2n) is 8.32. The number of amides is 1. The summed E-state index contributed by atoms with van der Waals surface area (Å²) in [6.07, 6.45) is 8.53. The van der Waals surface area contributed by atoms with Gasteiger partial charge in [-0.2, -0.15) is 8.42 Å². The predicted octanol–water partition coefficient (Wildman–Crippen LogP) is 1.56. The zero-order valence-electron chi connectivity index (χ0n) is 17.1. The van der Waals surface area contributed by atoms with Crippen LogP contribution in [0.2, 0.25) is 0 Å². The molecule has 0 aromatic rings. The number of nitrogens with one attached hydrogen (secondary N) is 1. The SMILES string of the molecule is CCCC(C1NC(=O)OC1COS(C)(=O)=O)N1CCN(C2CCCCC2)CC1. The topological polar surface area (TPSA) is 88.2 Å². The van der Waals surface area contributed by atoms with Crippen molar-refractivity contribution in [3.05, 3.63) is 0 Å². The summed E-state index contributed by atoms with van der Waals surface area (Å²) >= 11 is 0. The lowest BCUT2D eigenvalue weighted by Gasteiger charge is -2.45. The highest BCUT2D eigenvalue weighted by atomic mass is 32.2. The Balaban J connectivity index is 1.61. The fourth-order valence-corrected chi connectivity index (χ4v) is 5.29. The van der Waals surface area contributed by atoms with Gasteiger partial charge in [-0.1, -0.05) is 32.6 Å². The molecule has 0 radical (unpaired) electrons. The Morgan fingerprint density at radius 1 is 1.18 bits per heavy atom. The number of ether oxygens (including phenoxy) is 1. The molecule has 0 aromatic carbocycles. The zero-order valence-corrected chi connectivity index (χ0v) is 18.0. The van der Waals surface area contributed by atoms with Gasteiger partial charge in [-0.05, 0) is 19.3 Å². The van der Waals surface area contributed by atoms with E-state index in [1.54, 1.807) is 0 Å². The molecule has 2 saturated heterocycles. The van der Waals surface area contributed by atoms with E-state index in [1.165, 1.54) is 32.1 Å². The van der Waals surface area contributed by atoms with E-state index in [9.17, 15) is 13.2 Å². The number of hydrogen-bond donors (Lipinski definition) is 1. The molecule has 0 spiro atoms. The third-order valence-electron chi connectivity index (χ3n) is 6.30. The molecule has 1 amide bonds. The van der Waals surface area contributed by atoms with Crippen molar-refractivity contribution in [3.63, 3.8) is 0 Å². The smallest absolute Gasteiger partial charge is 0.407 e. The molecule has 3 fully saturated rings. The van der Waals surface area contributed by atoms with Gasteiger partial charge in [0.2, 0.25) is 0 Å². The molecular formula is C19H35N3O5S. The van der Waals surface area contributed by atoms with Crippen molar-refractivity contribution < 1.29 is 22.1 Å². The first-order valence-electron chi connectivity index (χ1n) is 10.7. The van der Waals surface area contributed by atoms with E-state index in [-0.39, 0.29) is 18.7 Å². The summed E-state index contributed by atoms with van der Waals surface area (Å²) in [6, 6.07) is 0.597. The van der Waals surface area contributed by atoms with Crippen LogP contribution in [0.3, 0.4) is 0 Å². The highest BCUT2D eigenvalue weighted by Gasteiger charge is 2.43. The van der Waals surface area contributed by atoms with Gasteiger partial charge >= 0.3 is 6.09 Å². The number of rotatable bonds is 8. The Labute approximate surface area is 169 Å². The second kappa shape index (κ2) is 9.73. The molecule has 2 aliphatic heterocycles. The van der Waals surface area contributed by atoms with Gasteiger partial charge in [0.15, 0.2) is 6.10 Å². The third-order valence-corrected chi connectivity index (χ3v) is 6.86. The van der Waals surface area contributed by atoms with Gasteiger partial charge in [-0.15, -0.1) is 0 Å². The molecule has 8 nitrogen and oxygen atoms in total. The molecule has 0 aromatic heterocycles. The Kier molecular flexibility index (Phi) is 7.58. The van der Waals surface area contributed by atoms with Crippen LogP contribution in [-0.4, -0.2) is 87.6 Å². The van der Waals surface area contributed by atoms with Gasteiger partial charge in [0.25, 0.3) is 10.1 Å². The summed E-state index contributed by atoms with van der Waals surface area (Å²) < 4.78 is 33.0. The second-order valence-corrected chi connectivity index (χ2v) is 9.97. The van der Waals surface area contributed by atoms with Crippen LogP contribution in [0.1, 0.15) is 51.9 Å². The average Bonchev–Trinajstić information content (AvgIpc) is 3.05. The van der Waals surface area contributed by atoms with E-state index in [4.69, 9.17) is 8.92 Å². The van der Waals surface area contributed by atoms with Crippen LogP contribution in [-0.2, 0) is 19.0 Å². The highest BCUT2D eigenvalue weighted by molar-refractivity contribution is 7.85. The number of alkyl carbamates (subject to hydrolysis) is 1. The summed E-state index contributed by atoms with van der Waals surface area (Å²) in [5.74, 6) is 0. The minimum Gasteiger partial charge on any atom is -0.441 e. The molecule has 3 rings (SSSR count). The van der Waals surface area contributed by atoms with Gasteiger partial charge in [0.05, 0.1) is 12.3 Å². The van der Waals surface area contributed by atoms with E-state index < -0.39 is 22.3 Å². The number of carbonyl (C=O) groups excluding carboxylic acids is 1. The molecule has 1 N–H and O–H groups in total. The van der Waals surface area contributed by atoms with Gasteiger partial charge < -0.3 is 10.1 Å². The Hall–Kier alpha value is -0.900. The first kappa shape index (κ1) is 21.8. The molecule has 1 aliphatic carbocycles. The third kappa shape index (κ3) is 5.81. The maximum Gasteiger partial charge on any atom is 0.407 e. The van der Waals surface area contributed by atoms with Crippen LogP contribution in [0.25, 0.3) is 0 Å². The number of carbonyl (C=O) groups is 1. The van der Waals surface area contributed by atoms with Gasteiger partial charge in [0, 0.05) is 38.3 Å². The highest BCUT2D eigenvalue weighted by Crippen LogP contribution is 2.26. The molecule has 162 valence electrons. The summed E-state index contributed by atoms with van der Waals surface area (Å²) in [5, 5.41) is 2.91. The zero-order chi connectivity index (χ0) is 20.1. The maximum absolute atomic E-state index is 11.9. The summed E-state index contributed by atoms with van der Waals surface area (Å²) in [7, 11) is -3.57. The number of piperazine rings is 1. The van der Waals surface area contributed by atoms with Crippen molar-refractivity contribution in [2.45, 2.75) is 76.1 Å². The predicted molar refractivity (Wildman–Crippen MR) is 107 cm³/mol. The molecule has 3 aliphatic rings. The molecule has 3 unspecified atom stereocenters. The van der Waals surface area contributed by atoms with E-state index in [1.807, 2.05) is 0 Å². The lowest BCUT2D eigenvalue weighted by atomic mass is 9.93. The minimum atomic E-state index is -3.57. The van der Waals surface area contributed by atoms with Crippen molar-refractivity contribution in [2.24, 2.45) is 0 Å². The molecule has 0 bridgehead atoms. The van der Waals surface area contributed by atoms with Crippen LogP contribution in [0.4, 0.5) is 4.79 Å². The Bertz CT molecular complexity index is 615. The fraction of sp³-hybridized carbons (Fsp3) is 0.947. The molecule has 1 saturated carbocycles. The van der Waals surface area contributed by atoms with Gasteiger partial charge in [0.1, 0.15) is 6.61 Å². The largest absolute Gasteiger partial charge is 0.441 e. The van der Waals surface area contributed by atoms with Crippen LogP contribution >= 0.6 is 0 Å². The van der Waals surface area contributed by atoms with E-state index >= 15 is 0 Å². The standard InChI is InChI=1S/C19H35N3O5S/c1-3-7-16(18-17(27-19(23)20-18)14-26-28(2,24)25)22-12-10-21(11-13-22)15-8-5-4-6-9-15/h15-18H,3-14H2,1-2H3,(H,20,23). The van der Waals surface area contributed by atoms with Crippen molar-refractivity contribution >= 4 is 16.2 Å². The normalized spacial score (nSPS) is 29.4. The van der Waals surface area contributed by atoms with Gasteiger partial charge in [-0.25, -0.2) is 4.79 Å². The Morgan fingerprint density at radius 2 is 1.86 bits per heavy atom. The van der Waals surface area contributed by atoms with E-state index in [0.29, 0.717) is 0 Å². The summed E-state index contributed by atoms with van der Waals surface area (Å²) in [6.45, 7) is 6.03. The van der Waals surface area contributed by atoms with Crippen LogP contribution < -0.4 is 5.32 Å². The lowest BCUT2D eigenvalue weighted by Crippen LogP contribution is -2.59. The van der Waals surface area contributed by atoms with Crippen molar-refractivity contribution in [2.75, 3.05) is 39.0 Å². The summed E-state index contributed by atoms with van der Waals surface area (Å²) in [5.41, 5.74) is 0. The lowest BCUT2D eigenvalue weighted by molar-refractivity contribution is 0.0247. The average molecular weight is 418 g/mol. The first-order valence-corrected chi connectivity index (χ1v) is 12.5. The maximum atomic E-state index is 11.9. The van der Waals surface area contributed by atoms with Crippen LogP contribution in [0, 0.1) is 0 Å². The number of nitrogens with zero attached hydrogens (tertiary/aromatic N) is 2. The molecular weight excluding hydrogens is 382 g/mol. The number of cyclic esters (lactones) is 1.